The average Bonchev–Trinajstić information content (AvgIpc) is 3.34. The fourth-order valence-electron chi connectivity index (χ4n) is 4.65. The van der Waals surface area contributed by atoms with Gasteiger partial charge in [-0.3, -0.25) is 0 Å². The summed E-state index contributed by atoms with van der Waals surface area (Å²) in [6, 6.07) is 32.3. The average molecular weight is 725 g/mol. The molecule has 4 rings (SSSR count). The SMILES string of the molecule is CC(C)(C)N1[CH]N(CP(C(C)(C)C)C(C)(C)C)C=C1.Cl.[Cl-].[HH].[HH].[HH].[Ru+].c1ccc(P(c2ccccc2)c2ccccc2)cc1. The Bertz CT molecular complexity index is 1050. The van der Waals surface area contributed by atoms with E-state index in [1.54, 1.807) is 0 Å². The van der Waals surface area contributed by atoms with Crippen LogP contribution in [-0.2, 0) is 19.5 Å². The Hall–Kier alpha value is -0.937. The van der Waals surface area contributed by atoms with Gasteiger partial charge in [-0.1, -0.05) is 140 Å². The smallest absolute Gasteiger partial charge is 1.00 e. The third-order valence-corrected chi connectivity index (χ3v) is 12.7. The van der Waals surface area contributed by atoms with E-state index < -0.39 is 7.92 Å². The quantitative estimate of drug-likeness (QED) is 0.215. The zero-order valence-electron chi connectivity index (χ0n) is 26.0. The van der Waals surface area contributed by atoms with Gasteiger partial charge >= 0.3 is 19.5 Å². The van der Waals surface area contributed by atoms with Gasteiger partial charge in [0.2, 0.25) is 0 Å². The van der Waals surface area contributed by atoms with E-state index in [1.165, 1.54) is 15.9 Å². The van der Waals surface area contributed by atoms with E-state index in [0.29, 0.717) is 10.3 Å². The molecule has 0 saturated carbocycles. The fourth-order valence-corrected chi connectivity index (χ4v) is 10.3. The molecule has 232 valence electrons. The summed E-state index contributed by atoms with van der Waals surface area (Å²) < 4.78 is 0. The Morgan fingerprint density at radius 1 is 0.585 bits per heavy atom. The van der Waals surface area contributed by atoms with Crippen molar-refractivity contribution in [1.82, 2.24) is 9.80 Å². The Morgan fingerprint density at radius 3 is 1.20 bits per heavy atom. The molecular formula is C34H54Cl2N2P2Ru. The van der Waals surface area contributed by atoms with Gasteiger partial charge in [-0.05, 0) is 54.9 Å². The molecule has 3 aromatic rings. The van der Waals surface area contributed by atoms with Crippen molar-refractivity contribution in [3.05, 3.63) is 110 Å². The third-order valence-electron chi connectivity index (χ3n) is 6.43. The van der Waals surface area contributed by atoms with Gasteiger partial charge in [0, 0.05) is 28.5 Å². The molecule has 0 unspecified atom stereocenters. The molecule has 0 fully saturated rings. The van der Waals surface area contributed by atoms with Crippen molar-refractivity contribution in [2.24, 2.45) is 0 Å². The van der Waals surface area contributed by atoms with Gasteiger partial charge in [-0.2, -0.15) is 0 Å². The summed E-state index contributed by atoms with van der Waals surface area (Å²) >= 11 is 0. The Kier molecular flexibility index (Phi) is 17.0. The van der Waals surface area contributed by atoms with E-state index in [4.69, 9.17) is 0 Å². The molecule has 41 heavy (non-hydrogen) atoms. The number of hydrogen-bond donors (Lipinski definition) is 0. The number of nitrogens with zero attached hydrogens (tertiary/aromatic N) is 2. The van der Waals surface area contributed by atoms with Crippen LogP contribution in [0.3, 0.4) is 0 Å². The van der Waals surface area contributed by atoms with Crippen LogP contribution in [0.1, 0.15) is 66.6 Å². The number of rotatable bonds is 5. The van der Waals surface area contributed by atoms with E-state index in [0.717, 1.165) is 6.29 Å². The van der Waals surface area contributed by atoms with Crippen molar-refractivity contribution >= 4 is 44.2 Å². The molecule has 0 saturated heterocycles. The fraction of sp³-hybridized carbons (Fsp3) is 0.382. The minimum absolute atomic E-state index is 0. The molecule has 0 aromatic heterocycles. The van der Waals surface area contributed by atoms with E-state index in [2.05, 4.69) is 182 Å². The van der Waals surface area contributed by atoms with E-state index >= 15 is 0 Å². The monoisotopic (exact) mass is 724 g/mol. The van der Waals surface area contributed by atoms with Gasteiger partial charge in [0.05, 0.1) is 0 Å². The number of benzene rings is 3. The van der Waals surface area contributed by atoms with Crippen molar-refractivity contribution in [3.63, 3.8) is 0 Å². The maximum atomic E-state index is 2.38. The van der Waals surface area contributed by atoms with Crippen molar-refractivity contribution in [3.8, 4) is 0 Å². The molecule has 0 N–H and O–H groups in total. The Morgan fingerprint density at radius 2 is 0.927 bits per heavy atom. The number of halogens is 2. The Labute approximate surface area is 283 Å². The molecule has 0 spiro atoms. The largest absolute Gasteiger partial charge is 1.00 e. The van der Waals surface area contributed by atoms with Gasteiger partial charge in [-0.15, -0.1) is 12.4 Å². The topological polar surface area (TPSA) is 6.48 Å². The normalized spacial score (nSPS) is 13.1. The third kappa shape index (κ3) is 12.3. The van der Waals surface area contributed by atoms with E-state index in [1.807, 2.05) is 0 Å². The van der Waals surface area contributed by atoms with Gasteiger partial charge < -0.3 is 22.2 Å². The molecule has 1 heterocycles. The molecule has 0 atom stereocenters. The van der Waals surface area contributed by atoms with Crippen molar-refractivity contribution in [2.45, 2.75) is 78.2 Å². The second kappa shape index (κ2) is 17.4. The molecule has 7 heteroatoms. The summed E-state index contributed by atoms with van der Waals surface area (Å²) in [6.45, 7) is 23.3. The molecule has 2 radical (unpaired) electrons. The maximum absolute atomic E-state index is 2.38. The van der Waals surface area contributed by atoms with Crippen LogP contribution in [-0.4, -0.2) is 31.9 Å². The number of hydrogen-bond acceptors (Lipinski definition) is 2. The van der Waals surface area contributed by atoms with E-state index in [9.17, 15) is 0 Å². The molecule has 1 aliphatic rings. The summed E-state index contributed by atoms with van der Waals surface area (Å²) in [5.74, 6) is 0. The molecule has 0 aliphatic carbocycles. The standard InChI is InChI=1S/C18H15P.C16H32N2P.2ClH.Ru.3H2/c1-4-10-16(11-5-1)19(17-12-6-2-7-13-17)18-14-8-3-9-15-18;1-14(2,3)18-11-10-17(12-18)13-19(15(4,5)6)16(7,8)9;;;;;;/h1-15H;10-12H,13H2,1-9H3;2*1H;;3*1H/q;;;;+1;;;/p-1. The van der Waals surface area contributed by atoms with Gasteiger partial charge in [0.1, 0.15) is 6.67 Å². The summed E-state index contributed by atoms with van der Waals surface area (Å²) in [5.41, 5.74) is 0.164. The summed E-state index contributed by atoms with van der Waals surface area (Å²) in [4.78, 5) is 4.67. The van der Waals surface area contributed by atoms with Gasteiger partial charge in [-0.25, -0.2) is 0 Å². The predicted molar refractivity (Wildman–Crippen MR) is 187 cm³/mol. The van der Waals surface area contributed by atoms with E-state index in [-0.39, 0.29) is 62.0 Å². The minimum Gasteiger partial charge on any atom is -1.00 e. The first-order valence-electron chi connectivity index (χ1n) is 13.6. The van der Waals surface area contributed by atoms with Crippen LogP contribution >= 0.6 is 28.3 Å². The second-order valence-corrected chi connectivity index (χ2v) is 18.8. The summed E-state index contributed by atoms with van der Waals surface area (Å²) in [5, 5.41) is 4.95. The van der Waals surface area contributed by atoms with Crippen LogP contribution in [0.2, 0.25) is 0 Å². The van der Waals surface area contributed by atoms with Crippen LogP contribution in [0, 0.1) is 6.67 Å². The first kappa shape index (κ1) is 40.1. The maximum Gasteiger partial charge on any atom is 1.00 e. The Balaban J connectivity index is -0.000000320. The van der Waals surface area contributed by atoms with Crippen molar-refractivity contribution in [2.75, 3.05) is 6.29 Å². The van der Waals surface area contributed by atoms with Gasteiger partial charge in [0.15, 0.2) is 0 Å². The molecule has 0 bridgehead atoms. The molecule has 1 aliphatic heterocycles. The summed E-state index contributed by atoms with van der Waals surface area (Å²) in [6.07, 6.45) is 5.56. The van der Waals surface area contributed by atoms with Gasteiger partial charge in [0.25, 0.3) is 0 Å². The zero-order valence-corrected chi connectivity index (χ0v) is 31.1. The first-order chi connectivity index (χ1) is 17.8. The zero-order chi connectivity index (χ0) is 28.0. The van der Waals surface area contributed by atoms with Crippen LogP contribution < -0.4 is 28.3 Å². The van der Waals surface area contributed by atoms with Crippen molar-refractivity contribution in [1.29, 1.82) is 0 Å². The predicted octanol–water partition coefficient (Wildman–Crippen LogP) is 6.64. The van der Waals surface area contributed by atoms with Crippen LogP contribution in [0.5, 0.6) is 0 Å². The summed E-state index contributed by atoms with van der Waals surface area (Å²) in [7, 11) is -0.538. The van der Waals surface area contributed by atoms with Crippen molar-refractivity contribution < 1.29 is 36.2 Å². The minimum atomic E-state index is -0.446. The first-order valence-corrected chi connectivity index (χ1v) is 16.4. The molecule has 3 aromatic carbocycles. The van der Waals surface area contributed by atoms with Crippen LogP contribution in [0.4, 0.5) is 0 Å². The molecular weight excluding hydrogens is 670 g/mol. The second-order valence-electron chi connectivity index (χ2n) is 12.8. The van der Waals surface area contributed by atoms with Crippen LogP contribution in [0.25, 0.3) is 0 Å². The van der Waals surface area contributed by atoms with Crippen LogP contribution in [0.15, 0.2) is 103 Å². The molecule has 2 nitrogen and oxygen atoms in total. The molecule has 0 amide bonds.